The van der Waals surface area contributed by atoms with Crippen LogP contribution in [0.1, 0.15) is 142 Å². The maximum Gasteiger partial charge on any atom is 0.318 e. The summed E-state index contributed by atoms with van der Waals surface area (Å²) < 4.78 is 22.3. The smallest absolute Gasteiger partial charge is 0.318 e. The van der Waals surface area contributed by atoms with Gasteiger partial charge in [-0.15, -0.1) is 0 Å². The Kier molecular flexibility index (Phi) is 26.0. The first-order valence-corrected chi connectivity index (χ1v) is 15.7. The van der Waals surface area contributed by atoms with Crippen LogP contribution in [0, 0.1) is 0 Å². The summed E-state index contributed by atoms with van der Waals surface area (Å²) in [5.74, 6) is -1.44. The molecule has 0 spiro atoms. The van der Waals surface area contributed by atoms with Crippen molar-refractivity contribution in [3.8, 4) is 0 Å². The van der Waals surface area contributed by atoms with Gasteiger partial charge in [0.15, 0.2) is 0 Å². The fraction of sp³-hybridized carbons (Fsp3) is 0.929. The molecule has 0 N–H and O–H groups in total. The second-order valence-electron chi connectivity index (χ2n) is 9.53. The van der Waals surface area contributed by atoms with Crippen LogP contribution >= 0.6 is 0 Å². The van der Waals surface area contributed by atoms with Gasteiger partial charge in [0.05, 0.1) is 13.2 Å². The lowest BCUT2D eigenvalue weighted by Gasteiger charge is -2.06. The molecule has 6 heteroatoms. The molecule has 0 rings (SSSR count). The van der Waals surface area contributed by atoms with Gasteiger partial charge in [-0.05, 0) is 12.8 Å². The molecule has 0 bridgehead atoms. The summed E-state index contributed by atoms with van der Waals surface area (Å²) in [7, 11) is -1.56. The highest BCUT2D eigenvalue weighted by Crippen LogP contribution is 2.11. The summed E-state index contributed by atoms with van der Waals surface area (Å²) in [5, 5.41) is 0. The monoisotopic (exact) mass is 502 g/mol. The van der Waals surface area contributed by atoms with Gasteiger partial charge < -0.3 is 9.47 Å². The third-order valence-electron chi connectivity index (χ3n) is 6.08. The Labute approximate surface area is 213 Å². The Bertz CT molecular complexity index is 453. The highest BCUT2D eigenvalue weighted by molar-refractivity contribution is 7.86. The molecular formula is C28H54O5S. The summed E-state index contributed by atoms with van der Waals surface area (Å²) in [5.41, 5.74) is 0. The van der Waals surface area contributed by atoms with E-state index in [2.05, 4.69) is 13.8 Å². The Morgan fingerprint density at radius 3 is 1.03 bits per heavy atom. The lowest BCUT2D eigenvalue weighted by atomic mass is 10.1. The number of hydrogen-bond donors (Lipinski definition) is 0. The lowest BCUT2D eigenvalue weighted by Crippen LogP contribution is -2.22. The molecule has 34 heavy (non-hydrogen) atoms. The summed E-state index contributed by atoms with van der Waals surface area (Å²) >= 11 is 0. The van der Waals surface area contributed by atoms with Crippen molar-refractivity contribution in [3.05, 3.63) is 0 Å². The van der Waals surface area contributed by atoms with Crippen LogP contribution in [0.4, 0.5) is 0 Å². The van der Waals surface area contributed by atoms with Crippen molar-refractivity contribution in [1.82, 2.24) is 0 Å². The average molecular weight is 503 g/mol. The third kappa shape index (κ3) is 25.7. The molecule has 0 heterocycles. The Balaban J connectivity index is 3.46. The SMILES string of the molecule is CCCCCCCCCCCCOC(=O)CS(=O)CC(=O)OCCCCCCCCCCCC. The fourth-order valence-electron chi connectivity index (χ4n) is 3.95. The standard InChI is InChI=1S/C28H54O5S/c1-3-5-7-9-11-13-15-17-19-21-23-32-27(29)25-34(31)26-28(30)33-24-22-20-18-16-14-12-10-8-6-4-2/h3-26H2,1-2H3. The molecule has 0 aromatic rings. The van der Waals surface area contributed by atoms with Crippen LogP contribution in [0.5, 0.6) is 0 Å². The van der Waals surface area contributed by atoms with E-state index in [-0.39, 0.29) is 11.5 Å². The first-order chi connectivity index (χ1) is 16.6. The van der Waals surface area contributed by atoms with Crippen LogP contribution in [0.3, 0.4) is 0 Å². The van der Waals surface area contributed by atoms with Crippen LogP contribution in [0.25, 0.3) is 0 Å². The van der Waals surface area contributed by atoms with Crippen molar-refractivity contribution in [2.45, 2.75) is 142 Å². The van der Waals surface area contributed by atoms with Gasteiger partial charge in [0.2, 0.25) is 0 Å². The van der Waals surface area contributed by atoms with E-state index < -0.39 is 22.7 Å². The molecule has 0 fully saturated rings. The van der Waals surface area contributed by atoms with E-state index in [0.29, 0.717) is 13.2 Å². The number of unbranched alkanes of at least 4 members (excludes halogenated alkanes) is 18. The number of carbonyl (C=O) groups excluding carboxylic acids is 2. The minimum Gasteiger partial charge on any atom is -0.465 e. The molecule has 0 aliphatic carbocycles. The quantitative estimate of drug-likeness (QED) is 0.0896. The van der Waals surface area contributed by atoms with E-state index in [4.69, 9.17) is 9.47 Å². The molecule has 202 valence electrons. The zero-order valence-electron chi connectivity index (χ0n) is 22.4. The molecule has 5 nitrogen and oxygen atoms in total. The Morgan fingerprint density at radius 1 is 0.471 bits per heavy atom. The average Bonchev–Trinajstić information content (AvgIpc) is 2.80. The van der Waals surface area contributed by atoms with Gasteiger partial charge in [-0.1, -0.05) is 129 Å². The highest BCUT2D eigenvalue weighted by atomic mass is 32.2. The predicted molar refractivity (Wildman–Crippen MR) is 143 cm³/mol. The predicted octanol–water partition coefficient (Wildman–Crippen LogP) is 7.66. The van der Waals surface area contributed by atoms with Crippen LogP contribution in [0.2, 0.25) is 0 Å². The van der Waals surface area contributed by atoms with E-state index in [1.807, 2.05) is 0 Å². The van der Waals surface area contributed by atoms with Crippen molar-refractivity contribution < 1.29 is 23.3 Å². The molecule has 0 amide bonds. The number of esters is 2. The molecular weight excluding hydrogens is 448 g/mol. The Hall–Kier alpha value is -0.910. The van der Waals surface area contributed by atoms with Crippen LogP contribution in [-0.2, 0) is 29.9 Å². The van der Waals surface area contributed by atoms with E-state index in [9.17, 15) is 13.8 Å². The zero-order chi connectivity index (χ0) is 25.1. The molecule has 0 aromatic carbocycles. The second-order valence-corrected chi connectivity index (χ2v) is 11.0. The largest absolute Gasteiger partial charge is 0.465 e. The molecule has 0 aliphatic rings. The van der Waals surface area contributed by atoms with Gasteiger partial charge in [-0.2, -0.15) is 0 Å². The van der Waals surface area contributed by atoms with E-state index in [1.54, 1.807) is 0 Å². The first kappa shape index (κ1) is 33.1. The Morgan fingerprint density at radius 2 is 0.735 bits per heavy atom. The summed E-state index contributed by atoms with van der Waals surface area (Å²) in [6, 6.07) is 0. The van der Waals surface area contributed by atoms with Gasteiger partial charge in [0, 0.05) is 10.8 Å². The number of rotatable bonds is 26. The van der Waals surface area contributed by atoms with Crippen LogP contribution < -0.4 is 0 Å². The fourth-order valence-corrected chi connectivity index (χ4v) is 4.74. The summed E-state index contributed by atoms with van der Waals surface area (Å²) in [4.78, 5) is 23.6. The number of hydrogen-bond acceptors (Lipinski definition) is 5. The third-order valence-corrected chi connectivity index (χ3v) is 7.19. The van der Waals surface area contributed by atoms with E-state index >= 15 is 0 Å². The van der Waals surface area contributed by atoms with Gasteiger partial charge in [-0.25, -0.2) is 0 Å². The molecule has 0 saturated heterocycles. The van der Waals surface area contributed by atoms with E-state index in [0.717, 1.165) is 25.7 Å². The van der Waals surface area contributed by atoms with Crippen molar-refractivity contribution in [1.29, 1.82) is 0 Å². The first-order valence-electron chi connectivity index (χ1n) is 14.3. The maximum atomic E-state index is 12.0. The summed E-state index contributed by atoms with van der Waals surface area (Å²) in [6.45, 7) is 5.21. The minimum absolute atomic E-state index is 0.231. The van der Waals surface area contributed by atoms with Crippen molar-refractivity contribution >= 4 is 22.7 Å². The van der Waals surface area contributed by atoms with Crippen LogP contribution in [0.15, 0.2) is 0 Å². The maximum absolute atomic E-state index is 12.0. The topological polar surface area (TPSA) is 69.7 Å². The van der Waals surface area contributed by atoms with Crippen LogP contribution in [-0.4, -0.2) is 40.9 Å². The molecule has 0 saturated carbocycles. The van der Waals surface area contributed by atoms with Gasteiger partial charge in [0.25, 0.3) is 0 Å². The number of ether oxygens (including phenoxy) is 2. The zero-order valence-corrected chi connectivity index (χ0v) is 23.2. The van der Waals surface area contributed by atoms with Crippen molar-refractivity contribution in [2.75, 3.05) is 24.7 Å². The lowest BCUT2D eigenvalue weighted by molar-refractivity contribution is -0.140. The van der Waals surface area contributed by atoms with Gasteiger partial charge >= 0.3 is 11.9 Å². The van der Waals surface area contributed by atoms with Crippen molar-refractivity contribution in [2.24, 2.45) is 0 Å². The molecule has 0 unspecified atom stereocenters. The number of carbonyl (C=O) groups is 2. The van der Waals surface area contributed by atoms with Gasteiger partial charge in [-0.3, -0.25) is 13.8 Å². The normalized spacial score (nSPS) is 11.1. The van der Waals surface area contributed by atoms with E-state index in [1.165, 1.54) is 103 Å². The molecule has 0 aromatic heterocycles. The molecule has 0 aliphatic heterocycles. The highest BCUT2D eigenvalue weighted by Gasteiger charge is 2.14. The molecule has 0 radical (unpaired) electrons. The molecule has 0 atom stereocenters. The minimum atomic E-state index is -1.56. The second kappa shape index (κ2) is 26.7. The van der Waals surface area contributed by atoms with Crippen molar-refractivity contribution in [3.63, 3.8) is 0 Å². The summed E-state index contributed by atoms with van der Waals surface area (Å²) in [6.07, 6.45) is 24.5. The van der Waals surface area contributed by atoms with Gasteiger partial charge in [0.1, 0.15) is 11.5 Å².